The zero-order valence-electron chi connectivity index (χ0n) is 9.79. The predicted octanol–water partition coefficient (Wildman–Crippen LogP) is 2.33. The third kappa shape index (κ3) is 2.97. The summed E-state index contributed by atoms with van der Waals surface area (Å²) in [6.45, 7) is 6.95. The molecule has 86 valence electrons. The number of rotatable bonds is 1. The van der Waals surface area contributed by atoms with Crippen molar-refractivity contribution in [2.45, 2.75) is 50.3 Å². The molecule has 0 radical (unpaired) electrons. The number of carbonyl (C=O) groups is 1. The molecule has 0 aromatic carbocycles. The van der Waals surface area contributed by atoms with Crippen LogP contribution in [0.25, 0.3) is 0 Å². The summed E-state index contributed by atoms with van der Waals surface area (Å²) in [7, 11) is 0. The van der Waals surface area contributed by atoms with E-state index in [0.717, 1.165) is 25.8 Å². The van der Waals surface area contributed by atoms with E-state index in [9.17, 15) is 4.79 Å². The van der Waals surface area contributed by atoms with Gasteiger partial charge in [0, 0.05) is 42.5 Å². The summed E-state index contributed by atoms with van der Waals surface area (Å²) in [5, 5.41) is 0. The topological polar surface area (TPSA) is 20.3 Å². The van der Waals surface area contributed by atoms with E-state index < -0.39 is 0 Å². The van der Waals surface area contributed by atoms with Gasteiger partial charge < -0.3 is 0 Å². The molecule has 2 fully saturated rings. The summed E-state index contributed by atoms with van der Waals surface area (Å²) in [5.41, 5.74) is 0. The minimum atomic E-state index is 0.374. The summed E-state index contributed by atoms with van der Waals surface area (Å²) in [6.07, 6.45) is 3.96. The third-order valence-corrected chi connectivity index (χ3v) is 4.73. The summed E-state index contributed by atoms with van der Waals surface area (Å²) in [5.74, 6) is 1.69. The van der Waals surface area contributed by atoms with E-state index in [2.05, 4.69) is 30.5 Å². The van der Waals surface area contributed by atoms with E-state index in [4.69, 9.17) is 0 Å². The molecular formula is C12H21NOS. The van der Waals surface area contributed by atoms with Crippen molar-refractivity contribution in [3.8, 4) is 0 Å². The Kier molecular flexibility index (Phi) is 3.41. The Morgan fingerprint density at radius 2 is 2.27 bits per heavy atom. The molecule has 15 heavy (non-hydrogen) atoms. The lowest BCUT2D eigenvalue weighted by Gasteiger charge is -2.42. The van der Waals surface area contributed by atoms with Gasteiger partial charge in [-0.2, -0.15) is 11.8 Å². The van der Waals surface area contributed by atoms with Gasteiger partial charge in [-0.3, -0.25) is 9.69 Å². The lowest BCUT2D eigenvalue weighted by Crippen LogP contribution is -2.49. The molecule has 1 unspecified atom stereocenters. The largest absolute Gasteiger partial charge is 0.300 e. The molecule has 0 bridgehead atoms. The average molecular weight is 227 g/mol. The maximum absolute atomic E-state index is 11.4. The van der Waals surface area contributed by atoms with Gasteiger partial charge in [-0.25, -0.2) is 0 Å². The number of thioether (sulfide) groups is 1. The van der Waals surface area contributed by atoms with Crippen LogP contribution in [0, 0.1) is 0 Å². The van der Waals surface area contributed by atoms with E-state index in [1.807, 2.05) is 0 Å². The van der Waals surface area contributed by atoms with Gasteiger partial charge in [-0.1, -0.05) is 0 Å². The minimum absolute atomic E-state index is 0.374. The normalized spacial score (nSPS) is 32.9. The average Bonchev–Trinajstić information content (AvgIpc) is 2.16. The highest BCUT2D eigenvalue weighted by Gasteiger charge is 2.32. The first-order chi connectivity index (χ1) is 7.07. The molecular weight excluding hydrogens is 206 g/mol. The van der Waals surface area contributed by atoms with Crippen LogP contribution in [0.15, 0.2) is 0 Å². The molecule has 2 aliphatic rings. The van der Waals surface area contributed by atoms with E-state index in [1.54, 1.807) is 0 Å². The second kappa shape index (κ2) is 4.46. The van der Waals surface area contributed by atoms with Crippen molar-refractivity contribution >= 4 is 17.5 Å². The van der Waals surface area contributed by atoms with Crippen LogP contribution in [0.2, 0.25) is 0 Å². The second-order valence-electron chi connectivity index (χ2n) is 5.37. The van der Waals surface area contributed by atoms with Gasteiger partial charge in [0.05, 0.1) is 0 Å². The van der Waals surface area contributed by atoms with Crippen LogP contribution in [0.1, 0.15) is 39.5 Å². The predicted molar refractivity (Wildman–Crippen MR) is 65.4 cm³/mol. The Bertz CT molecular complexity index is 252. The molecule has 1 saturated heterocycles. The van der Waals surface area contributed by atoms with E-state index in [1.165, 1.54) is 18.7 Å². The maximum atomic E-state index is 11.4. The molecule has 1 heterocycles. The summed E-state index contributed by atoms with van der Waals surface area (Å²) in [4.78, 5) is 14.0. The smallest absolute Gasteiger partial charge is 0.134 e. The molecule has 0 amide bonds. The van der Waals surface area contributed by atoms with Crippen LogP contribution in [-0.4, -0.2) is 40.3 Å². The number of nitrogens with zero attached hydrogens (tertiary/aromatic N) is 1. The standard InChI is InChI=1S/C12H21NOS/c1-12(2)9-13(6-7-15-12)10-4-3-5-11(14)8-10/h10H,3-9H2,1-2H3. The molecule has 1 atom stereocenters. The first kappa shape index (κ1) is 11.5. The van der Waals surface area contributed by atoms with Crippen LogP contribution in [0.3, 0.4) is 0 Å². The molecule has 1 aliphatic carbocycles. The Labute approximate surface area is 96.8 Å². The van der Waals surface area contributed by atoms with Gasteiger partial charge in [0.25, 0.3) is 0 Å². The van der Waals surface area contributed by atoms with Crippen molar-refractivity contribution in [1.29, 1.82) is 0 Å². The number of hydrogen-bond acceptors (Lipinski definition) is 3. The minimum Gasteiger partial charge on any atom is -0.300 e. The van der Waals surface area contributed by atoms with Crippen molar-refractivity contribution in [2.24, 2.45) is 0 Å². The molecule has 0 spiro atoms. The molecule has 0 aromatic heterocycles. The molecule has 2 rings (SSSR count). The fourth-order valence-electron chi connectivity index (χ4n) is 2.68. The highest BCUT2D eigenvalue weighted by atomic mass is 32.2. The number of ketones is 1. The van der Waals surface area contributed by atoms with Gasteiger partial charge in [0.15, 0.2) is 0 Å². The van der Waals surface area contributed by atoms with Gasteiger partial charge in [0.2, 0.25) is 0 Å². The lowest BCUT2D eigenvalue weighted by molar-refractivity contribution is -0.122. The fraction of sp³-hybridized carbons (Fsp3) is 0.917. The van der Waals surface area contributed by atoms with Crippen LogP contribution >= 0.6 is 11.8 Å². The molecule has 1 aliphatic heterocycles. The first-order valence-electron chi connectivity index (χ1n) is 5.96. The van der Waals surface area contributed by atoms with E-state index >= 15 is 0 Å². The second-order valence-corrected chi connectivity index (χ2v) is 7.17. The summed E-state index contributed by atoms with van der Waals surface area (Å²) >= 11 is 2.06. The van der Waals surface area contributed by atoms with Crippen LogP contribution in [-0.2, 0) is 4.79 Å². The zero-order valence-corrected chi connectivity index (χ0v) is 10.6. The van der Waals surface area contributed by atoms with Gasteiger partial charge in [0.1, 0.15) is 5.78 Å². The number of hydrogen-bond donors (Lipinski definition) is 0. The van der Waals surface area contributed by atoms with E-state index in [0.29, 0.717) is 16.6 Å². The maximum Gasteiger partial charge on any atom is 0.134 e. The van der Waals surface area contributed by atoms with Gasteiger partial charge in [-0.05, 0) is 26.7 Å². The molecule has 1 saturated carbocycles. The van der Waals surface area contributed by atoms with Gasteiger partial charge in [-0.15, -0.1) is 0 Å². The number of carbonyl (C=O) groups excluding carboxylic acids is 1. The Balaban J connectivity index is 1.94. The SMILES string of the molecule is CC1(C)CN(C2CCCC(=O)C2)CCS1. The monoisotopic (exact) mass is 227 g/mol. The quantitative estimate of drug-likeness (QED) is 0.686. The molecule has 0 N–H and O–H groups in total. The molecule has 3 heteroatoms. The number of Topliss-reactive ketones (excluding diaryl/α,β-unsaturated/α-hetero) is 1. The van der Waals surface area contributed by atoms with Crippen LogP contribution in [0.5, 0.6) is 0 Å². The molecule has 2 nitrogen and oxygen atoms in total. The van der Waals surface area contributed by atoms with E-state index in [-0.39, 0.29) is 0 Å². The highest BCUT2D eigenvalue weighted by molar-refractivity contribution is 8.00. The van der Waals surface area contributed by atoms with Crippen molar-refractivity contribution in [3.05, 3.63) is 0 Å². The highest BCUT2D eigenvalue weighted by Crippen LogP contribution is 2.32. The van der Waals surface area contributed by atoms with Crippen molar-refractivity contribution in [1.82, 2.24) is 4.90 Å². The van der Waals surface area contributed by atoms with Gasteiger partial charge >= 0.3 is 0 Å². The molecule has 0 aromatic rings. The Hall–Kier alpha value is -0.0200. The van der Waals surface area contributed by atoms with Crippen molar-refractivity contribution in [2.75, 3.05) is 18.8 Å². The van der Waals surface area contributed by atoms with Crippen molar-refractivity contribution in [3.63, 3.8) is 0 Å². The van der Waals surface area contributed by atoms with Crippen LogP contribution in [0.4, 0.5) is 0 Å². The third-order valence-electron chi connectivity index (χ3n) is 3.43. The lowest BCUT2D eigenvalue weighted by atomic mass is 9.92. The zero-order chi connectivity index (χ0) is 10.9. The fourth-order valence-corrected chi connectivity index (χ4v) is 3.81. The van der Waals surface area contributed by atoms with Crippen molar-refractivity contribution < 1.29 is 4.79 Å². The first-order valence-corrected chi connectivity index (χ1v) is 6.95. The Morgan fingerprint density at radius 3 is 2.93 bits per heavy atom. The Morgan fingerprint density at radius 1 is 1.47 bits per heavy atom. The summed E-state index contributed by atoms with van der Waals surface area (Å²) in [6, 6.07) is 0.548. The summed E-state index contributed by atoms with van der Waals surface area (Å²) < 4.78 is 0.374. The van der Waals surface area contributed by atoms with Crippen LogP contribution < -0.4 is 0 Å².